The van der Waals surface area contributed by atoms with E-state index in [1.54, 1.807) is 24.1 Å². The lowest BCUT2D eigenvalue weighted by atomic mass is 10.2. The molecule has 0 fully saturated rings. The van der Waals surface area contributed by atoms with Crippen LogP contribution in [0.3, 0.4) is 0 Å². The molecular weight excluding hydrogens is 432 g/mol. The van der Waals surface area contributed by atoms with Crippen LogP contribution in [0.4, 0.5) is 10.1 Å². The van der Waals surface area contributed by atoms with Crippen molar-refractivity contribution in [3.8, 4) is 0 Å². The van der Waals surface area contributed by atoms with Gasteiger partial charge < -0.3 is 19.7 Å². The Bertz CT molecular complexity index is 711. The van der Waals surface area contributed by atoms with E-state index < -0.39 is 0 Å². The van der Waals surface area contributed by atoms with E-state index in [9.17, 15) is 4.39 Å². The first-order valence-corrected chi connectivity index (χ1v) is 7.90. The highest BCUT2D eigenvalue weighted by atomic mass is 127. The van der Waals surface area contributed by atoms with Crippen LogP contribution >= 0.6 is 24.0 Å². The Labute approximate surface area is 166 Å². The van der Waals surface area contributed by atoms with Gasteiger partial charge in [0.1, 0.15) is 5.82 Å². The average molecular weight is 459 g/mol. The van der Waals surface area contributed by atoms with Crippen molar-refractivity contribution < 1.29 is 4.39 Å². The first kappa shape index (κ1) is 21.3. The number of anilines is 1. The lowest BCUT2D eigenvalue weighted by Crippen LogP contribution is -2.38. The van der Waals surface area contributed by atoms with Crippen molar-refractivity contribution in [2.45, 2.75) is 13.1 Å². The van der Waals surface area contributed by atoms with Crippen LogP contribution in [0.2, 0.25) is 0 Å². The summed E-state index contributed by atoms with van der Waals surface area (Å²) in [5.74, 6) is 0.555. The van der Waals surface area contributed by atoms with Gasteiger partial charge in [-0.1, -0.05) is 6.07 Å². The molecule has 0 atom stereocenters. The number of guanidine groups is 1. The molecule has 0 aliphatic rings. The fourth-order valence-electron chi connectivity index (χ4n) is 2.57. The van der Waals surface area contributed by atoms with Crippen molar-refractivity contribution in [3.05, 3.63) is 53.6 Å². The minimum atomic E-state index is -0.216. The van der Waals surface area contributed by atoms with E-state index in [-0.39, 0.29) is 29.8 Å². The zero-order valence-corrected chi connectivity index (χ0v) is 17.8. The average Bonchev–Trinajstić information content (AvgIpc) is 2.92. The summed E-state index contributed by atoms with van der Waals surface area (Å²) in [5.41, 5.74) is 2.66. The Morgan fingerprint density at radius 3 is 2.48 bits per heavy atom. The van der Waals surface area contributed by atoms with E-state index in [1.165, 1.54) is 5.69 Å². The van der Waals surface area contributed by atoms with E-state index in [1.807, 2.05) is 51.4 Å². The van der Waals surface area contributed by atoms with Gasteiger partial charge >= 0.3 is 0 Å². The highest BCUT2D eigenvalue weighted by molar-refractivity contribution is 14.0. The van der Waals surface area contributed by atoms with E-state index in [0.717, 1.165) is 18.1 Å². The Morgan fingerprint density at radius 1 is 1.24 bits per heavy atom. The number of aromatic nitrogens is 1. The van der Waals surface area contributed by atoms with Gasteiger partial charge in [0.25, 0.3) is 0 Å². The van der Waals surface area contributed by atoms with Gasteiger partial charge in [0, 0.05) is 53.7 Å². The van der Waals surface area contributed by atoms with Gasteiger partial charge in [-0.3, -0.25) is 4.99 Å². The number of nitrogens with zero attached hydrogens (tertiary/aromatic N) is 4. The third-order valence-corrected chi connectivity index (χ3v) is 3.97. The Morgan fingerprint density at radius 2 is 1.96 bits per heavy atom. The summed E-state index contributed by atoms with van der Waals surface area (Å²) in [6.07, 6.45) is 2.02. The molecular formula is C18H27FIN5. The van der Waals surface area contributed by atoms with Crippen LogP contribution in [-0.2, 0) is 20.1 Å². The quantitative estimate of drug-likeness (QED) is 0.424. The fraction of sp³-hybridized carbons (Fsp3) is 0.389. The van der Waals surface area contributed by atoms with Crippen molar-refractivity contribution in [3.63, 3.8) is 0 Å². The number of rotatable bonds is 5. The molecule has 138 valence electrons. The number of aryl methyl sites for hydroxylation is 1. The largest absolute Gasteiger partial charge is 0.375 e. The third-order valence-electron chi connectivity index (χ3n) is 3.97. The van der Waals surface area contributed by atoms with Gasteiger partial charge in [0.15, 0.2) is 5.96 Å². The van der Waals surface area contributed by atoms with Crippen LogP contribution in [0.15, 0.2) is 41.5 Å². The summed E-state index contributed by atoms with van der Waals surface area (Å²) in [5, 5.41) is 3.28. The van der Waals surface area contributed by atoms with Crippen molar-refractivity contribution >= 4 is 35.6 Å². The van der Waals surface area contributed by atoms with Crippen molar-refractivity contribution in [1.82, 2.24) is 14.8 Å². The van der Waals surface area contributed by atoms with E-state index in [2.05, 4.69) is 20.9 Å². The van der Waals surface area contributed by atoms with Crippen LogP contribution in [0.1, 0.15) is 11.3 Å². The summed E-state index contributed by atoms with van der Waals surface area (Å²) in [6, 6.07) is 9.39. The number of aliphatic imine (C=N–C) groups is 1. The number of nitrogens with one attached hydrogen (secondary N) is 1. The second kappa shape index (κ2) is 9.65. The summed E-state index contributed by atoms with van der Waals surface area (Å²) < 4.78 is 16.1. The second-order valence-electron chi connectivity index (χ2n) is 6.05. The van der Waals surface area contributed by atoms with Crippen molar-refractivity contribution in [1.29, 1.82) is 0 Å². The highest BCUT2D eigenvalue weighted by Crippen LogP contribution is 2.18. The zero-order valence-electron chi connectivity index (χ0n) is 15.5. The first-order valence-electron chi connectivity index (χ1n) is 7.90. The minimum Gasteiger partial charge on any atom is -0.375 e. The second-order valence-corrected chi connectivity index (χ2v) is 6.05. The smallest absolute Gasteiger partial charge is 0.194 e. The molecule has 2 aromatic rings. The molecule has 1 aromatic heterocycles. The predicted molar refractivity (Wildman–Crippen MR) is 113 cm³/mol. The molecule has 2 rings (SSSR count). The van der Waals surface area contributed by atoms with Crippen LogP contribution < -0.4 is 10.2 Å². The molecule has 0 amide bonds. The van der Waals surface area contributed by atoms with Crippen LogP contribution in [0.5, 0.6) is 0 Å². The molecule has 25 heavy (non-hydrogen) atoms. The molecule has 0 spiro atoms. The summed E-state index contributed by atoms with van der Waals surface area (Å²) in [4.78, 5) is 8.11. The minimum absolute atomic E-state index is 0. The van der Waals surface area contributed by atoms with Gasteiger partial charge in [-0.25, -0.2) is 4.39 Å². The molecule has 0 radical (unpaired) electrons. The molecule has 0 saturated heterocycles. The SMILES string of the molecule is CN=C(NCc1ccc(N(C)C)c(F)c1)N(C)Cc1cccn1C.I. The highest BCUT2D eigenvalue weighted by Gasteiger charge is 2.10. The van der Waals surface area contributed by atoms with Gasteiger partial charge in [-0.05, 0) is 29.8 Å². The molecule has 1 aromatic carbocycles. The summed E-state index contributed by atoms with van der Waals surface area (Å²) >= 11 is 0. The van der Waals surface area contributed by atoms with E-state index >= 15 is 0 Å². The molecule has 7 heteroatoms. The summed E-state index contributed by atoms with van der Waals surface area (Å²) in [7, 11) is 9.42. The van der Waals surface area contributed by atoms with E-state index in [0.29, 0.717) is 12.2 Å². The normalized spacial score (nSPS) is 11.0. The topological polar surface area (TPSA) is 35.8 Å². The Balaban J connectivity index is 0.00000312. The maximum atomic E-state index is 14.0. The number of hydrogen-bond donors (Lipinski definition) is 1. The molecule has 0 unspecified atom stereocenters. The van der Waals surface area contributed by atoms with Crippen LogP contribution in [-0.4, -0.2) is 43.6 Å². The molecule has 1 heterocycles. The monoisotopic (exact) mass is 459 g/mol. The predicted octanol–water partition coefficient (Wildman–Crippen LogP) is 3.06. The standard InChI is InChI=1S/C18H26FN5.HI/c1-20-18(24(5)13-15-7-6-10-23(15)4)21-12-14-8-9-17(22(2)3)16(19)11-14;/h6-11H,12-13H2,1-5H3,(H,20,21);1H. The van der Waals surface area contributed by atoms with Crippen molar-refractivity contribution in [2.24, 2.45) is 12.0 Å². The third kappa shape index (κ3) is 5.62. The lowest BCUT2D eigenvalue weighted by molar-refractivity contribution is 0.461. The maximum absolute atomic E-state index is 14.0. The molecule has 5 nitrogen and oxygen atoms in total. The van der Waals surface area contributed by atoms with Crippen molar-refractivity contribution in [2.75, 3.05) is 33.1 Å². The van der Waals surface area contributed by atoms with Gasteiger partial charge in [0.2, 0.25) is 0 Å². The zero-order chi connectivity index (χ0) is 17.7. The molecule has 0 aliphatic heterocycles. The van der Waals surface area contributed by atoms with Gasteiger partial charge in [-0.2, -0.15) is 0 Å². The molecule has 0 aliphatic carbocycles. The van der Waals surface area contributed by atoms with Crippen LogP contribution in [0.25, 0.3) is 0 Å². The molecule has 1 N–H and O–H groups in total. The number of halogens is 2. The summed E-state index contributed by atoms with van der Waals surface area (Å²) in [6.45, 7) is 1.27. The van der Waals surface area contributed by atoms with Gasteiger partial charge in [-0.15, -0.1) is 24.0 Å². The molecule has 0 bridgehead atoms. The first-order chi connectivity index (χ1) is 11.4. The van der Waals surface area contributed by atoms with Crippen LogP contribution in [0, 0.1) is 5.82 Å². The maximum Gasteiger partial charge on any atom is 0.194 e. The van der Waals surface area contributed by atoms with E-state index in [4.69, 9.17) is 0 Å². The Kier molecular flexibility index (Phi) is 8.21. The fourth-order valence-corrected chi connectivity index (χ4v) is 2.57. The Hall–Kier alpha value is -1.77. The molecule has 0 saturated carbocycles. The van der Waals surface area contributed by atoms with Gasteiger partial charge in [0.05, 0.1) is 12.2 Å². The number of hydrogen-bond acceptors (Lipinski definition) is 2. The lowest BCUT2D eigenvalue weighted by Gasteiger charge is -2.22. The number of benzene rings is 1.